The van der Waals surface area contributed by atoms with Gasteiger partial charge in [-0.05, 0) is 52.5 Å². The van der Waals surface area contributed by atoms with Gasteiger partial charge < -0.3 is 15.1 Å². The summed E-state index contributed by atoms with van der Waals surface area (Å²) in [5, 5.41) is 2.96. The molecule has 2 aromatic rings. The van der Waals surface area contributed by atoms with Gasteiger partial charge in [-0.1, -0.05) is 0 Å². The average Bonchev–Trinajstić information content (AvgIpc) is 3.24. The zero-order chi connectivity index (χ0) is 18.7. The van der Waals surface area contributed by atoms with Crippen molar-refractivity contribution in [3.8, 4) is 0 Å². The monoisotopic (exact) mass is 443 g/mol. The van der Waals surface area contributed by atoms with Crippen LogP contribution >= 0.6 is 27.3 Å². The highest BCUT2D eigenvalue weighted by molar-refractivity contribution is 9.11. The van der Waals surface area contributed by atoms with Crippen molar-refractivity contribution in [2.45, 2.75) is 13.0 Å². The first-order valence-electron chi connectivity index (χ1n) is 8.35. The zero-order valence-corrected chi connectivity index (χ0v) is 16.7. The molecule has 0 saturated carbocycles. The van der Waals surface area contributed by atoms with Gasteiger partial charge in [-0.2, -0.15) is 0 Å². The molecule has 2 amide bonds. The number of nitrogens with zero attached hydrogens (tertiary/aromatic N) is 2. The van der Waals surface area contributed by atoms with E-state index in [0.29, 0.717) is 25.3 Å². The van der Waals surface area contributed by atoms with E-state index < -0.39 is 11.6 Å². The summed E-state index contributed by atoms with van der Waals surface area (Å²) in [6.07, 6.45) is 0.904. The summed E-state index contributed by atoms with van der Waals surface area (Å²) in [4.78, 5) is 17.0. The molecule has 0 aliphatic carbocycles. The molecule has 0 spiro atoms. The highest BCUT2D eigenvalue weighted by Gasteiger charge is 2.24. The average molecular weight is 444 g/mol. The second-order valence-electron chi connectivity index (χ2n) is 6.45. The molecule has 0 bridgehead atoms. The molecule has 8 heteroatoms. The summed E-state index contributed by atoms with van der Waals surface area (Å²) in [5.41, 5.74) is 0.679. The molecule has 140 valence electrons. The molecule has 0 radical (unpaired) electrons. The highest BCUT2D eigenvalue weighted by atomic mass is 79.9. The van der Waals surface area contributed by atoms with E-state index in [-0.39, 0.29) is 11.9 Å². The Morgan fingerprint density at radius 2 is 2.15 bits per heavy atom. The molecule has 1 unspecified atom stereocenters. The molecule has 3 rings (SSSR count). The van der Waals surface area contributed by atoms with Crippen LogP contribution in [0.4, 0.5) is 19.3 Å². The lowest BCUT2D eigenvalue weighted by Gasteiger charge is -2.20. The number of thiophene rings is 1. The fourth-order valence-electron chi connectivity index (χ4n) is 3.02. The van der Waals surface area contributed by atoms with Crippen LogP contribution in [0.15, 0.2) is 34.1 Å². The van der Waals surface area contributed by atoms with Gasteiger partial charge in [0.25, 0.3) is 0 Å². The second kappa shape index (κ2) is 8.35. The van der Waals surface area contributed by atoms with Crippen molar-refractivity contribution in [2.24, 2.45) is 5.92 Å². The Labute approximate surface area is 163 Å². The Hall–Kier alpha value is -1.67. The van der Waals surface area contributed by atoms with E-state index in [4.69, 9.17) is 0 Å². The minimum absolute atomic E-state index is 0.110. The van der Waals surface area contributed by atoms with Gasteiger partial charge in [0.1, 0.15) is 0 Å². The Bertz CT molecular complexity index is 786. The summed E-state index contributed by atoms with van der Waals surface area (Å²) < 4.78 is 27.5. The Morgan fingerprint density at radius 3 is 2.85 bits per heavy atom. The molecule has 1 fully saturated rings. The minimum Gasteiger partial charge on any atom is -0.371 e. The number of hydrogen-bond acceptors (Lipinski definition) is 3. The first kappa shape index (κ1) is 19.1. The molecule has 1 aliphatic heterocycles. The van der Waals surface area contributed by atoms with Gasteiger partial charge in [0.05, 0.1) is 10.3 Å². The molecule has 26 heavy (non-hydrogen) atoms. The van der Waals surface area contributed by atoms with E-state index in [1.54, 1.807) is 29.4 Å². The number of rotatable bonds is 5. The smallest absolute Gasteiger partial charge is 0.317 e. The first-order chi connectivity index (χ1) is 12.4. The Kier molecular flexibility index (Phi) is 6.13. The number of halogens is 3. The molecule has 1 aliphatic rings. The topological polar surface area (TPSA) is 35.6 Å². The summed E-state index contributed by atoms with van der Waals surface area (Å²) in [6, 6.07) is 7.82. The van der Waals surface area contributed by atoms with Crippen molar-refractivity contribution in [1.82, 2.24) is 10.2 Å². The molecule has 1 aromatic carbocycles. The Morgan fingerprint density at radius 1 is 1.35 bits per heavy atom. The van der Waals surface area contributed by atoms with Gasteiger partial charge >= 0.3 is 6.03 Å². The van der Waals surface area contributed by atoms with Crippen molar-refractivity contribution in [1.29, 1.82) is 0 Å². The Balaban J connectivity index is 1.46. The van der Waals surface area contributed by atoms with Crippen LogP contribution < -0.4 is 10.2 Å². The predicted molar refractivity (Wildman–Crippen MR) is 104 cm³/mol. The molecular weight excluding hydrogens is 424 g/mol. The van der Waals surface area contributed by atoms with Crippen LogP contribution in [0.3, 0.4) is 0 Å². The van der Waals surface area contributed by atoms with Crippen LogP contribution in [-0.4, -0.2) is 37.6 Å². The third-order valence-electron chi connectivity index (χ3n) is 4.46. The summed E-state index contributed by atoms with van der Waals surface area (Å²) >= 11 is 5.03. The standard InChI is InChI=1S/C18H20BrF2N3OS/c1-23(11-14-3-5-17(19)26-14)18(25)22-9-12-6-7-24(10-12)13-2-4-15(20)16(21)8-13/h2-5,8,12H,6-7,9-11H2,1H3,(H,22,25). The van der Waals surface area contributed by atoms with Crippen LogP contribution in [-0.2, 0) is 6.54 Å². The molecule has 1 saturated heterocycles. The van der Waals surface area contributed by atoms with Gasteiger partial charge in [0.2, 0.25) is 0 Å². The van der Waals surface area contributed by atoms with Crippen molar-refractivity contribution in [2.75, 3.05) is 31.6 Å². The van der Waals surface area contributed by atoms with Gasteiger partial charge in [0.15, 0.2) is 11.6 Å². The highest BCUT2D eigenvalue weighted by Crippen LogP contribution is 2.25. The van der Waals surface area contributed by atoms with Gasteiger partial charge in [0, 0.05) is 43.3 Å². The van der Waals surface area contributed by atoms with Crippen LogP contribution in [0.5, 0.6) is 0 Å². The SMILES string of the molecule is CN(Cc1ccc(Br)s1)C(=O)NCC1CCN(c2ccc(F)c(F)c2)C1. The molecule has 2 heterocycles. The lowest BCUT2D eigenvalue weighted by molar-refractivity contribution is 0.205. The third kappa shape index (κ3) is 4.73. The number of anilines is 1. The van der Waals surface area contributed by atoms with Gasteiger partial charge in [-0.25, -0.2) is 13.6 Å². The number of urea groups is 1. The van der Waals surface area contributed by atoms with Gasteiger partial charge in [-0.15, -0.1) is 11.3 Å². The molecular formula is C18H20BrF2N3OS. The predicted octanol–water partition coefficient (Wildman–Crippen LogP) is 4.46. The number of benzene rings is 1. The van der Waals surface area contributed by atoms with E-state index in [1.807, 2.05) is 17.0 Å². The molecule has 1 atom stereocenters. The first-order valence-corrected chi connectivity index (χ1v) is 9.96. The van der Waals surface area contributed by atoms with E-state index in [2.05, 4.69) is 21.2 Å². The quantitative estimate of drug-likeness (QED) is 0.740. The van der Waals surface area contributed by atoms with E-state index in [0.717, 1.165) is 27.7 Å². The van der Waals surface area contributed by atoms with Crippen LogP contribution in [0, 0.1) is 17.6 Å². The summed E-state index contributed by atoms with van der Waals surface area (Å²) in [5.74, 6) is -1.38. The van der Waals surface area contributed by atoms with Gasteiger partial charge in [-0.3, -0.25) is 0 Å². The zero-order valence-electron chi connectivity index (χ0n) is 14.3. The largest absolute Gasteiger partial charge is 0.371 e. The lowest BCUT2D eigenvalue weighted by Crippen LogP contribution is -2.39. The van der Waals surface area contributed by atoms with Crippen molar-refractivity contribution >= 4 is 39.0 Å². The maximum atomic E-state index is 13.4. The van der Waals surface area contributed by atoms with Crippen LogP contribution in [0.1, 0.15) is 11.3 Å². The van der Waals surface area contributed by atoms with E-state index >= 15 is 0 Å². The second-order valence-corrected chi connectivity index (χ2v) is 8.99. The minimum atomic E-state index is -0.836. The van der Waals surface area contributed by atoms with Crippen LogP contribution in [0.2, 0.25) is 0 Å². The normalized spacial score (nSPS) is 16.8. The van der Waals surface area contributed by atoms with E-state index in [1.165, 1.54) is 6.07 Å². The number of carbonyl (C=O) groups is 1. The number of amides is 2. The lowest BCUT2D eigenvalue weighted by atomic mass is 10.1. The number of carbonyl (C=O) groups excluding carboxylic acids is 1. The maximum Gasteiger partial charge on any atom is 0.317 e. The van der Waals surface area contributed by atoms with Crippen LogP contribution in [0.25, 0.3) is 0 Å². The molecule has 1 aromatic heterocycles. The number of hydrogen-bond donors (Lipinski definition) is 1. The fourth-order valence-corrected chi connectivity index (χ4v) is 4.56. The van der Waals surface area contributed by atoms with Crippen molar-refractivity contribution in [3.05, 3.63) is 50.6 Å². The molecule has 1 N–H and O–H groups in total. The fraction of sp³-hybridized carbons (Fsp3) is 0.389. The number of nitrogens with one attached hydrogen (secondary N) is 1. The summed E-state index contributed by atoms with van der Waals surface area (Å²) in [6.45, 7) is 2.61. The molecule has 4 nitrogen and oxygen atoms in total. The van der Waals surface area contributed by atoms with Crippen molar-refractivity contribution < 1.29 is 13.6 Å². The maximum absolute atomic E-state index is 13.4. The van der Waals surface area contributed by atoms with E-state index in [9.17, 15) is 13.6 Å². The third-order valence-corrected chi connectivity index (χ3v) is 6.07. The van der Waals surface area contributed by atoms with Crippen molar-refractivity contribution in [3.63, 3.8) is 0 Å². The summed E-state index contributed by atoms with van der Waals surface area (Å²) in [7, 11) is 1.77.